The highest BCUT2D eigenvalue weighted by Gasteiger charge is 2.18. The second kappa shape index (κ2) is 12.7. The van der Waals surface area contributed by atoms with Gasteiger partial charge in [-0.3, -0.25) is 4.79 Å². The molecule has 1 amide bonds. The minimum atomic E-state index is -0.0331. The Bertz CT molecular complexity index is 733. The van der Waals surface area contributed by atoms with Crippen LogP contribution in [0, 0.1) is 0 Å². The molecule has 0 aliphatic heterocycles. The normalized spacial score (nSPS) is 10.4. The van der Waals surface area contributed by atoms with E-state index in [1.54, 1.807) is 14.2 Å². The molecule has 0 fully saturated rings. The number of unbranched alkanes of at least 4 members (excludes halogenated alkanes) is 4. The van der Waals surface area contributed by atoms with Crippen molar-refractivity contribution >= 4 is 5.91 Å². The number of methoxy groups -OCH3 is 2. The Morgan fingerprint density at radius 1 is 0.897 bits per heavy atom. The molecule has 2 aromatic carbocycles. The van der Waals surface area contributed by atoms with Crippen LogP contribution in [0.4, 0.5) is 0 Å². The first-order chi connectivity index (χ1) is 14.2. The number of nitrogens with zero attached hydrogens (tertiary/aromatic N) is 1. The zero-order valence-electron chi connectivity index (χ0n) is 17.9. The largest absolute Gasteiger partial charge is 0.493 e. The average molecular weight is 400 g/mol. The lowest BCUT2D eigenvalue weighted by atomic mass is 10.1. The van der Waals surface area contributed by atoms with Gasteiger partial charge in [-0.25, -0.2) is 0 Å². The fraction of sp³-hybridized carbons (Fsp3) is 0.458. The second-order valence-electron chi connectivity index (χ2n) is 6.98. The van der Waals surface area contributed by atoms with Crippen molar-refractivity contribution in [3.05, 3.63) is 54.1 Å². The third-order valence-electron chi connectivity index (χ3n) is 4.84. The van der Waals surface area contributed by atoms with Crippen molar-refractivity contribution in [2.45, 2.75) is 45.6 Å². The quantitative estimate of drug-likeness (QED) is 0.441. The number of para-hydroxylation sites is 2. The lowest BCUT2D eigenvalue weighted by Crippen LogP contribution is -2.35. The molecule has 2 rings (SSSR count). The minimum absolute atomic E-state index is 0.0191. The van der Waals surface area contributed by atoms with Crippen LogP contribution in [0.1, 0.15) is 44.6 Å². The summed E-state index contributed by atoms with van der Waals surface area (Å²) in [5, 5.41) is 0. The number of rotatable bonds is 13. The molecular weight excluding hydrogens is 366 g/mol. The summed E-state index contributed by atoms with van der Waals surface area (Å²) in [4.78, 5) is 14.8. The van der Waals surface area contributed by atoms with Gasteiger partial charge in [-0.2, -0.15) is 0 Å². The summed E-state index contributed by atoms with van der Waals surface area (Å²) in [7, 11) is 3.24. The molecule has 0 radical (unpaired) electrons. The van der Waals surface area contributed by atoms with E-state index in [2.05, 4.69) is 6.92 Å². The Morgan fingerprint density at radius 3 is 2.34 bits per heavy atom. The maximum atomic E-state index is 12.9. The highest BCUT2D eigenvalue weighted by molar-refractivity contribution is 5.78. The monoisotopic (exact) mass is 399 g/mol. The molecule has 0 aliphatic carbocycles. The van der Waals surface area contributed by atoms with Crippen LogP contribution >= 0.6 is 0 Å². The van der Waals surface area contributed by atoms with E-state index in [-0.39, 0.29) is 12.5 Å². The first kappa shape index (κ1) is 22.6. The maximum Gasteiger partial charge on any atom is 0.260 e. The number of carbonyl (C=O) groups excluding carboxylic acids is 1. The molecule has 0 heterocycles. The van der Waals surface area contributed by atoms with Crippen LogP contribution in [0.25, 0.3) is 0 Å². The van der Waals surface area contributed by atoms with Gasteiger partial charge >= 0.3 is 0 Å². The zero-order chi connectivity index (χ0) is 20.9. The summed E-state index contributed by atoms with van der Waals surface area (Å²) >= 11 is 0. The molecule has 2 aromatic rings. The van der Waals surface area contributed by atoms with E-state index in [0.29, 0.717) is 30.3 Å². The second-order valence-corrected chi connectivity index (χ2v) is 6.98. The summed E-state index contributed by atoms with van der Waals surface area (Å²) in [5.41, 5.74) is 0.925. The molecule has 0 saturated carbocycles. The summed E-state index contributed by atoms with van der Waals surface area (Å²) in [6.45, 7) is 3.38. The van der Waals surface area contributed by atoms with Crippen molar-refractivity contribution in [2.75, 3.05) is 27.4 Å². The van der Waals surface area contributed by atoms with Gasteiger partial charge < -0.3 is 19.1 Å². The van der Waals surface area contributed by atoms with Crippen molar-refractivity contribution in [3.8, 4) is 17.2 Å². The van der Waals surface area contributed by atoms with E-state index in [4.69, 9.17) is 14.2 Å². The average Bonchev–Trinajstić information content (AvgIpc) is 2.76. The Kier molecular flexibility index (Phi) is 9.90. The van der Waals surface area contributed by atoms with E-state index in [1.165, 1.54) is 19.3 Å². The molecule has 5 nitrogen and oxygen atoms in total. The van der Waals surface area contributed by atoms with E-state index in [0.717, 1.165) is 18.4 Å². The van der Waals surface area contributed by atoms with Crippen LogP contribution in [0.3, 0.4) is 0 Å². The molecule has 0 spiro atoms. The first-order valence-corrected chi connectivity index (χ1v) is 10.3. The van der Waals surface area contributed by atoms with Crippen LogP contribution < -0.4 is 14.2 Å². The van der Waals surface area contributed by atoms with Crippen LogP contribution in [0.2, 0.25) is 0 Å². The number of amides is 1. The van der Waals surface area contributed by atoms with E-state index < -0.39 is 0 Å². The van der Waals surface area contributed by atoms with Crippen LogP contribution in [-0.4, -0.2) is 38.2 Å². The molecule has 29 heavy (non-hydrogen) atoms. The molecule has 0 bridgehead atoms. The molecule has 0 atom stereocenters. The number of ether oxygens (including phenoxy) is 3. The summed E-state index contributed by atoms with van der Waals surface area (Å²) in [6, 6.07) is 15.2. The van der Waals surface area contributed by atoms with Gasteiger partial charge in [-0.1, -0.05) is 62.9 Å². The van der Waals surface area contributed by atoms with Gasteiger partial charge in [0.2, 0.25) is 0 Å². The van der Waals surface area contributed by atoms with Crippen molar-refractivity contribution in [3.63, 3.8) is 0 Å². The van der Waals surface area contributed by atoms with Crippen molar-refractivity contribution in [1.29, 1.82) is 0 Å². The Balaban J connectivity index is 2.06. The summed E-state index contributed by atoms with van der Waals surface area (Å²) < 4.78 is 16.6. The topological polar surface area (TPSA) is 48.0 Å². The molecule has 0 N–H and O–H groups in total. The van der Waals surface area contributed by atoms with Crippen LogP contribution in [0.5, 0.6) is 17.2 Å². The van der Waals surface area contributed by atoms with Gasteiger partial charge in [-0.15, -0.1) is 0 Å². The first-order valence-electron chi connectivity index (χ1n) is 10.3. The Labute approximate surface area is 174 Å². The Hall–Kier alpha value is -2.69. The molecule has 0 unspecified atom stereocenters. The maximum absolute atomic E-state index is 12.9. The van der Waals surface area contributed by atoms with Gasteiger partial charge in [0, 0.05) is 18.7 Å². The predicted octanol–water partition coefficient (Wildman–Crippen LogP) is 5.08. The predicted molar refractivity (Wildman–Crippen MR) is 116 cm³/mol. The van der Waals surface area contributed by atoms with E-state index in [9.17, 15) is 4.79 Å². The fourth-order valence-corrected chi connectivity index (χ4v) is 3.24. The van der Waals surface area contributed by atoms with E-state index >= 15 is 0 Å². The number of benzene rings is 2. The van der Waals surface area contributed by atoms with E-state index in [1.807, 2.05) is 53.4 Å². The Morgan fingerprint density at radius 2 is 1.66 bits per heavy atom. The molecule has 0 aromatic heterocycles. The van der Waals surface area contributed by atoms with Gasteiger partial charge in [0.05, 0.1) is 14.2 Å². The summed E-state index contributed by atoms with van der Waals surface area (Å²) in [5.74, 6) is 2.00. The number of hydrogen-bond acceptors (Lipinski definition) is 4. The van der Waals surface area contributed by atoms with Crippen LogP contribution in [0.15, 0.2) is 48.5 Å². The van der Waals surface area contributed by atoms with Gasteiger partial charge in [0.1, 0.15) is 5.75 Å². The number of carbonyl (C=O) groups is 1. The minimum Gasteiger partial charge on any atom is -0.493 e. The lowest BCUT2D eigenvalue weighted by Gasteiger charge is -2.24. The molecule has 0 aliphatic rings. The van der Waals surface area contributed by atoms with Crippen molar-refractivity contribution in [1.82, 2.24) is 4.90 Å². The lowest BCUT2D eigenvalue weighted by molar-refractivity contribution is -0.134. The van der Waals surface area contributed by atoms with Crippen molar-refractivity contribution in [2.24, 2.45) is 0 Å². The molecular formula is C24H33NO4. The fourth-order valence-electron chi connectivity index (χ4n) is 3.24. The highest BCUT2D eigenvalue weighted by Crippen LogP contribution is 2.31. The molecule has 158 valence electrons. The summed E-state index contributed by atoms with van der Waals surface area (Å²) in [6.07, 6.45) is 5.72. The van der Waals surface area contributed by atoms with Crippen molar-refractivity contribution < 1.29 is 19.0 Å². The third kappa shape index (κ3) is 7.33. The smallest absolute Gasteiger partial charge is 0.260 e. The van der Waals surface area contributed by atoms with Gasteiger partial charge in [-0.05, 0) is 24.6 Å². The third-order valence-corrected chi connectivity index (χ3v) is 4.84. The van der Waals surface area contributed by atoms with Crippen LogP contribution in [-0.2, 0) is 11.3 Å². The molecule has 5 heteroatoms. The zero-order valence-corrected chi connectivity index (χ0v) is 17.9. The SMILES string of the molecule is CCCCCCCN(Cc1cccc(OC)c1OC)C(=O)COc1ccccc1. The van der Waals surface area contributed by atoms with Gasteiger partial charge in [0.25, 0.3) is 5.91 Å². The highest BCUT2D eigenvalue weighted by atomic mass is 16.5. The van der Waals surface area contributed by atoms with Gasteiger partial charge in [0.15, 0.2) is 18.1 Å². The standard InChI is InChI=1S/C24H33NO4/c1-4-5-6-7-11-17-25(23(26)19-29-21-14-9-8-10-15-21)18-20-13-12-16-22(27-2)24(20)28-3/h8-10,12-16H,4-7,11,17-19H2,1-3H3. The number of hydrogen-bond donors (Lipinski definition) is 0. The molecule has 0 saturated heterocycles.